The molecule has 0 saturated heterocycles. The van der Waals surface area contributed by atoms with E-state index >= 15 is 0 Å². The highest BCUT2D eigenvalue weighted by molar-refractivity contribution is 6.31. The summed E-state index contributed by atoms with van der Waals surface area (Å²) >= 11 is 11.1. The summed E-state index contributed by atoms with van der Waals surface area (Å²) in [6.07, 6.45) is 0.0960. The molecular weight excluding hydrogens is 444 g/mol. The van der Waals surface area contributed by atoms with Crippen LogP contribution in [-0.2, 0) is 16.1 Å². The minimum Gasteiger partial charge on any atom is -0.484 e. The minimum atomic E-state index is -0.876. The summed E-state index contributed by atoms with van der Waals surface area (Å²) in [5.41, 5.74) is -0.226. The normalized spacial score (nSPS) is 10.4. The van der Waals surface area contributed by atoms with Gasteiger partial charge in [-0.3, -0.25) is 9.59 Å². The molecule has 0 aliphatic carbocycles. The average Bonchev–Trinajstić information content (AvgIpc) is 2.67. The van der Waals surface area contributed by atoms with E-state index in [1.54, 1.807) is 0 Å². The van der Waals surface area contributed by atoms with E-state index < -0.39 is 29.3 Å². The highest BCUT2D eigenvalue weighted by Gasteiger charge is 2.14. The van der Waals surface area contributed by atoms with Crippen LogP contribution in [0.1, 0.15) is 12.0 Å². The standard InChI is InChI=1S/C20H17Cl2F3N2O3/c1-11(20(29)27-9-14-16(23)6-12(21)7-17(14)24)4-5-26-19(28)10-30-13-2-3-15(22)18(25)8-13/h2-3,6-8H,1,4-5,9-10H2,(H,26,28)(H,27,29). The summed E-state index contributed by atoms with van der Waals surface area (Å²) in [7, 11) is 0. The molecule has 30 heavy (non-hydrogen) atoms. The Bertz CT molecular complexity index is 947. The molecule has 160 valence electrons. The zero-order valence-electron chi connectivity index (χ0n) is 15.5. The summed E-state index contributed by atoms with van der Waals surface area (Å²) in [4.78, 5) is 23.7. The van der Waals surface area contributed by atoms with Gasteiger partial charge in [-0.1, -0.05) is 29.8 Å². The topological polar surface area (TPSA) is 67.4 Å². The predicted molar refractivity (Wildman–Crippen MR) is 107 cm³/mol. The number of carbonyl (C=O) groups excluding carboxylic acids is 2. The van der Waals surface area contributed by atoms with Crippen LogP contribution in [-0.4, -0.2) is 25.0 Å². The Morgan fingerprint density at radius 3 is 2.30 bits per heavy atom. The van der Waals surface area contributed by atoms with Gasteiger partial charge in [-0.2, -0.15) is 0 Å². The van der Waals surface area contributed by atoms with Crippen molar-refractivity contribution in [2.75, 3.05) is 13.2 Å². The third-order valence-corrected chi connectivity index (χ3v) is 4.39. The van der Waals surface area contributed by atoms with E-state index in [2.05, 4.69) is 17.2 Å². The highest BCUT2D eigenvalue weighted by atomic mass is 35.5. The quantitative estimate of drug-likeness (QED) is 0.551. The second-order valence-corrected chi connectivity index (χ2v) is 6.94. The fraction of sp³-hybridized carbons (Fsp3) is 0.200. The maximum Gasteiger partial charge on any atom is 0.257 e. The summed E-state index contributed by atoms with van der Waals surface area (Å²) in [5.74, 6) is -3.40. The molecule has 0 aliphatic heterocycles. The lowest BCUT2D eigenvalue weighted by Crippen LogP contribution is -2.31. The number of benzene rings is 2. The molecule has 0 heterocycles. The fourth-order valence-electron chi connectivity index (χ4n) is 2.27. The zero-order valence-corrected chi connectivity index (χ0v) is 17.0. The molecule has 2 rings (SSSR count). The second kappa shape index (κ2) is 10.9. The van der Waals surface area contributed by atoms with Crippen molar-refractivity contribution < 1.29 is 27.5 Å². The molecule has 0 radical (unpaired) electrons. The number of nitrogens with one attached hydrogen (secondary N) is 2. The summed E-state index contributed by atoms with van der Waals surface area (Å²) < 4.78 is 45.8. The van der Waals surface area contributed by atoms with Gasteiger partial charge in [0.15, 0.2) is 6.61 Å². The average molecular weight is 461 g/mol. The molecule has 5 nitrogen and oxygen atoms in total. The molecule has 10 heteroatoms. The van der Waals surface area contributed by atoms with Gasteiger partial charge in [0.1, 0.15) is 23.2 Å². The van der Waals surface area contributed by atoms with Gasteiger partial charge >= 0.3 is 0 Å². The van der Waals surface area contributed by atoms with E-state index in [0.29, 0.717) is 0 Å². The van der Waals surface area contributed by atoms with Crippen LogP contribution in [0, 0.1) is 17.5 Å². The van der Waals surface area contributed by atoms with Crippen LogP contribution in [0.3, 0.4) is 0 Å². The van der Waals surface area contributed by atoms with Gasteiger partial charge in [0.05, 0.1) is 5.02 Å². The van der Waals surface area contributed by atoms with Crippen LogP contribution in [0.2, 0.25) is 10.0 Å². The number of ether oxygens (including phenoxy) is 1. The number of carbonyl (C=O) groups is 2. The first kappa shape index (κ1) is 23.6. The second-order valence-electron chi connectivity index (χ2n) is 6.10. The van der Waals surface area contributed by atoms with Crippen molar-refractivity contribution in [2.24, 2.45) is 0 Å². The Morgan fingerprint density at radius 1 is 1.00 bits per heavy atom. The maximum atomic E-state index is 13.7. The zero-order chi connectivity index (χ0) is 22.3. The summed E-state index contributed by atoms with van der Waals surface area (Å²) in [5, 5.41) is 4.70. The number of rotatable bonds is 9. The number of hydrogen-bond donors (Lipinski definition) is 2. The molecule has 2 aromatic carbocycles. The van der Waals surface area contributed by atoms with E-state index in [4.69, 9.17) is 27.9 Å². The Balaban J connectivity index is 1.71. The number of halogens is 5. The van der Waals surface area contributed by atoms with Crippen LogP contribution in [0.25, 0.3) is 0 Å². The van der Waals surface area contributed by atoms with Crippen molar-refractivity contribution in [3.05, 3.63) is 75.5 Å². The molecule has 0 aliphatic rings. The van der Waals surface area contributed by atoms with Crippen LogP contribution < -0.4 is 15.4 Å². The van der Waals surface area contributed by atoms with E-state index in [-0.39, 0.29) is 53.0 Å². The van der Waals surface area contributed by atoms with E-state index in [1.807, 2.05) is 0 Å². The van der Waals surface area contributed by atoms with Gasteiger partial charge in [-0.25, -0.2) is 13.2 Å². The van der Waals surface area contributed by atoms with Crippen molar-refractivity contribution in [3.63, 3.8) is 0 Å². The van der Waals surface area contributed by atoms with E-state index in [9.17, 15) is 22.8 Å². The first-order valence-corrected chi connectivity index (χ1v) is 9.37. The molecule has 0 aromatic heterocycles. The molecule has 0 spiro atoms. The molecule has 0 bridgehead atoms. The van der Waals surface area contributed by atoms with Crippen molar-refractivity contribution in [1.82, 2.24) is 10.6 Å². The van der Waals surface area contributed by atoms with Crippen molar-refractivity contribution >= 4 is 35.0 Å². The SMILES string of the molecule is C=C(CCNC(=O)COc1ccc(Cl)c(F)c1)C(=O)NCc1c(F)cc(Cl)cc1F. The van der Waals surface area contributed by atoms with E-state index in [0.717, 1.165) is 18.2 Å². The maximum absolute atomic E-state index is 13.7. The Hall–Kier alpha value is -2.71. The summed E-state index contributed by atoms with van der Waals surface area (Å²) in [6, 6.07) is 5.65. The third kappa shape index (κ3) is 6.96. The largest absolute Gasteiger partial charge is 0.484 e. The molecule has 2 aromatic rings. The van der Waals surface area contributed by atoms with Gasteiger partial charge in [0, 0.05) is 35.3 Å². The van der Waals surface area contributed by atoms with Crippen molar-refractivity contribution in [2.45, 2.75) is 13.0 Å². The first-order chi connectivity index (χ1) is 14.2. The first-order valence-electron chi connectivity index (χ1n) is 8.61. The molecular formula is C20H17Cl2F3N2O3. The van der Waals surface area contributed by atoms with Crippen LogP contribution in [0.15, 0.2) is 42.5 Å². The minimum absolute atomic E-state index is 0.0647. The monoisotopic (exact) mass is 460 g/mol. The Labute approximate surface area is 180 Å². The molecule has 2 amide bonds. The lowest BCUT2D eigenvalue weighted by molar-refractivity contribution is -0.123. The van der Waals surface area contributed by atoms with Gasteiger partial charge in [-0.05, 0) is 30.7 Å². The lowest BCUT2D eigenvalue weighted by atomic mass is 10.1. The number of hydrogen-bond acceptors (Lipinski definition) is 3. The summed E-state index contributed by atoms with van der Waals surface area (Å²) in [6.45, 7) is 2.90. The van der Waals surface area contributed by atoms with Crippen LogP contribution in [0.5, 0.6) is 5.75 Å². The van der Waals surface area contributed by atoms with Gasteiger partial charge < -0.3 is 15.4 Å². The van der Waals surface area contributed by atoms with Gasteiger partial charge in [-0.15, -0.1) is 0 Å². The van der Waals surface area contributed by atoms with E-state index in [1.165, 1.54) is 12.1 Å². The molecule has 0 atom stereocenters. The fourth-order valence-corrected chi connectivity index (χ4v) is 2.58. The third-order valence-electron chi connectivity index (χ3n) is 3.86. The Morgan fingerprint density at radius 2 is 1.67 bits per heavy atom. The molecule has 0 fully saturated rings. The van der Waals surface area contributed by atoms with Crippen molar-refractivity contribution in [3.8, 4) is 5.75 Å². The van der Waals surface area contributed by atoms with Gasteiger partial charge in [0.2, 0.25) is 5.91 Å². The Kier molecular flexibility index (Phi) is 8.56. The van der Waals surface area contributed by atoms with Crippen LogP contribution >= 0.6 is 23.2 Å². The highest BCUT2D eigenvalue weighted by Crippen LogP contribution is 2.20. The predicted octanol–water partition coefficient (Wildman–Crippen LogP) is 4.17. The molecule has 0 unspecified atom stereocenters. The van der Waals surface area contributed by atoms with Crippen molar-refractivity contribution in [1.29, 1.82) is 0 Å². The molecule has 0 saturated carbocycles. The molecule has 2 N–H and O–H groups in total. The lowest BCUT2D eigenvalue weighted by Gasteiger charge is -2.11. The number of amides is 2. The smallest absolute Gasteiger partial charge is 0.257 e. The van der Waals surface area contributed by atoms with Crippen LogP contribution in [0.4, 0.5) is 13.2 Å². The van der Waals surface area contributed by atoms with Gasteiger partial charge in [0.25, 0.3) is 5.91 Å².